The highest BCUT2D eigenvalue weighted by Gasteiger charge is 2.36. The summed E-state index contributed by atoms with van der Waals surface area (Å²) < 4.78 is 60.3. The summed E-state index contributed by atoms with van der Waals surface area (Å²) in [5, 5.41) is 11.4. The molecule has 0 spiro atoms. The van der Waals surface area contributed by atoms with Crippen LogP contribution in [0, 0.1) is 0 Å². The van der Waals surface area contributed by atoms with Crippen molar-refractivity contribution in [1.29, 1.82) is 0 Å². The molecule has 0 bridgehead atoms. The van der Waals surface area contributed by atoms with Gasteiger partial charge in [-0.15, -0.1) is 0 Å². The first kappa shape index (κ1) is 24.2. The van der Waals surface area contributed by atoms with Gasteiger partial charge in [-0.2, -0.15) is 18.2 Å². The topological polar surface area (TPSA) is 82.9 Å². The van der Waals surface area contributed by atoms with Gasteiger partial charge in [0.25, 0.3) is 0 Å². The van der Waals surface area contributed by atoms with E-state index in [1.807, 2.05) is 30.3 Å². The standard InChI is InChI=1S/C24H25F3N2O5/c1-31-20-12-19-17(11-18(20)23(30)7-9-32-10-8-23)22(34-15-24(25,26)27)29-21(28-19)14-33-13-16-5-3-2-4-6-16/h2-6,11-12,30H,7-10,13-15H2,1H3. The zero-order valence-corrected chi connectivity index (χ0v) is 18.6. The van der Waals surface area contributed by atoms with Gasteiger partial charge in [-0.05, 0) is 11.6 Å². The van der Waals surface area contributed by atoms with Crippen molar-refractivity contribution in [3.8, 4) is 11.6 Å². The fourth-order valence-electron chi connectivity index (χ4n) is 3.84. The van der Waals surface area contributed by atoms with Crippen LogP contribution in [0.4, 0.5) is 13.2 Å². The third-order valence-electron chi connectivity index (χ3n) is 5.56. The van der Waals surface area contributed by atoms with Crippen molar-refractivity contribution in [1.82, 2.24) is 9.97 Å². The molecule has 1 saturated heterocycles. The van der Waals surface area contributed by atoms with E-state index in [4.69, 9.17) is 18.9 Å². The van der Waals surface area contributed by atoms with Gasteiger partial charge in [0.2, 0.25) is 5.88 Å². The molecule has 0 atom stereocenters. The lowest BCUT2D eigenvalue weighted by atomic mass is 9.85. The predicted octanol–water partition coefficient (Wildman–Crippen LogP) is 4.29. The van der Waals surface area contributed by atoms with E-state index in [-0.39, 0.29) is 23.7 Å². The zero-order chi connectivity index (χ0) is 24.2. The van der Waals surface area contributed by atoms with Crippen LogP contribution in [0.15, 0.2) is 42.5 Å². The highest BCUT2D eigenvalue weighted by atomic mass is 19.4. The van der Waals surface area contributed by atoms with Crippen molar-refractivity contribution >= 4 is 10.9 Å². The molecule has 1 fully saturated rings. The van der Waals surface area contributed by atoms with E-state index in [9.17, 15) is 18.3 Å². The highest BCUT2D eigenvalue weighted by molar-refractivity contribution is 5.86. The number of rotatable bonds is 8. The first-order valence-corrected chi connectivity index (χ1v) is 10.8. The Balaban J connectivity index is 1.69. The number of fused-ring (bicyclic) bond motifs is 1. The maximum Gasteiger partial charge on any atom is 0.422 e. The number of hydrogen-bond acceptors (Lipinski definition) is 7. The van der Waals surface area contributed by atoms with Crippen LogP contribution in [-0.2, 0) is 28.3 Å². The van der Waals surface area contributed by atoms with Crippen molar-refractivity contribution in [2.24, 2.45) is 0 Å². The van der Waals surface area contributed by atoms with Crippen molar-refractivity contribution in [2.75, 3.05) is 26.9 Å². The van der Waals surface area contributed by atoms with Crippen LogP contribution < -0.4 is 9.47 Å². The van der Waals surface area contributed by atoms with Crippen LogP contribution in [-0.4, -0.2) is 48.2 Å². The van der Waals surface area contributed by atoms with Crippen molar-refractivity contribution in [3.05, 3.63) is 59.4 Å². The molecule has 1 aromatic heterocycles. The van der Waals surface area contributed by atoms with Crippen molar-refractivity contribution in [3.63, 3.8) is 0 Å². The number of alkyl halides is 3. The first-order valence-electron chi connectivity index (χ1n) is 10.8. The molecule has 0 aliphatic carbocycles. The second kappa shape index (κ2) is 10.1. The Morgan fingerprint density at radius 3 is 2.47 bits per heavy atom. The van der Waals surface area contributed by atoms with Gasteiger partial charge in [0, 0.05) is 37.7 Å². The summed E-state index contributed by atoms with van der Waals surface area (Å²) in [5.41, 5.74) is 0.435. The molecular formula is C24H25F3N2O5. The van der Waals surface area contributed by atoms with Crippen LogP contribution in [0.1, 0.15) is 29.8 Å². The summed E-state index contributed by atoms with van der Waals surface area (Å²) in [6.07, 6.45) is -3.91. The van der Waals surface area contributed by atoms with Gasteiger partial charge >= 0.3 is 6.18 Å². The van der Waals surface area contributed by atoms with Gasteiger partial charge in [0.15, 0.2) is 12.4 Å². The van der Waals surface area contributed by atoms with Crippen LogP contribution in [0.25, 0.3) is 10.9 Å². The minimum atomic E-state index is -4.55. The van der Waals surface area contributed by atoms with Crippen LogP contribution in [0.5, 0.6) is 11.6 Å². The van der Waals surface area contributed by atoms with Gasteiger partial charge in [-0.1, -0.05) is 30.3 Å². The third kappa shape index (κ3) is 5.75. The van der Waals surface area contributed by atoms with Gasteiger partial charge in [0.05, 0.1) is 30.2 Å². The fourth-order valence-corrected chi connectivity index (χ4v) is 3.84. The third-order valence-corrected chi connectivity index (χ3v) is 5.56. The lowest BCUT2D eigenvalue weighted by Crippen LogP contribution is -2.33. The van der Waals surface area contributed by atoms with E-state index in [1.54, 1.807) is 12.1 Å². The van der Waals surface area contributed by atoms with Crippen LogP contribution in [0.3, 0.4) is 0 Å². The number of aromatic nitrogens is 2. The Morgan fingerprint density at radius 2 is 1.79 bits per heavy atom. The predicted molar refractivity (Wildman–Crippen MR) is 117 cm³/mol. The number of nitrogens with zero attached hydrogens (tertiary/aromatic N) is 2. The molecule has 0 radical (unpaired) electrons. The number of hydrogen-bond donors (Lipinski definition) is 1. The summed E-state index contributed by atoms with van der Waals surface area (Å²) in [5.74, 6) is 0.300. The van der Waals surface area contributed by atoms with Gasteiger partial charge in [-0.25, -0.2) is 4.98 Å². The van der Waals surface area contributed by atoms with E-state index >= 15 is 0 Å². The molecule has 0 saturated carbocycles. The molecule has 182 valence electrons. The monoisotopic (exact) mass is 478 g/mol. The van der Waals surface area contributed by atoms with Crippen molar-refractivity contribution in [2.45, 2.75) is 37.8 Å². The highest BCUT2D eigenvalue weighted by Crippen LogP contribution is 2.41. The second-order valence-corrected chi connectivity index (χ2v) is 8.04. The SMILES string of the molecule is COc1cc2nc(COCc3ccccc3)nc(OCC(F)(F)F)c2cc1C1(O)CCOCC1. The maximum absolute atomic E-state index is 12.9. The quantitative estimate of drug-likeness (QED) is 0.517. The number of benzene rings is 2. The summed E-state index contributed by atoms with van der Waals surface area (Å²) >= 11 is 0. The molecule has 1 N–H and O–H groups in total. The largest absolute Gasteiger partial charge is 0.496 e. The number of halogens is 3. The lowest BCUT2D eigenvalue weighted by Gasteiger charge is -2.33. The fraction of sp³-hybridized carbons (Fsp3) is 0.417. The molecule has 10 heteroatoms. The number of ether oxygens (including phenoxy) is 4. The summed E-state index contributed by atoms with van der Waals surface area (Å²) in [6, 6.07) is 12.5. The van der Waals surface area contributed by atoms with E-state index in [0.29, 0.717) is 49.5 Å². The summed E-state index contributed by atoms with van der Waals surface area (Å²) in [7, 11) is 1.46. The molecular weight excluding hydrogens is 453 g/mol. The second-order valence-electron chi connectivity index (χ2n) is 8.04. The average molecular weight is 478 g/mol. The molecule has 1 aliphatic rings. The Morgan fingerprint density at radius 1 is 1.06 bits per heavy atom. The Labute approximate surface area is 194 Å². The average Bonchev–Trinajstić information content (AvgIpc) is 2.82. The van der Waals surface area contributed by atoms with Crippen LogP contribution >= 0.6 is 0 Å². The zero-order valence-electron chi connectivity index (χ0n) is 18.6. The maximum atomic E-state index is 12.9. The Hall–Kier alpha value is -2.95. The molecule has 0 unspecified atom stereocenters. The molecule has 34 heavy (non-hydrogen) atoms. The van der Waals surface area contributed by atoms with E-state index in [2.05, 4.69) is 9.97 Å². The molecule has 0 amide bonds. The number of methoxy groups -OCH3 is 1. The Bertz CT molecular complexity index is 1120. The minimum Gasteiger partial charge on any atom is -0.496 e. The van der Waals surface area contributed by atoms with Crippen LogP contribution in [0.2, 0.25) is 0 Å². The van der Waals surface area contributed by atoms with E-state index in [1.165, 1.54) is 7.11 Å². The van der Waals surface area contributed by atoms with Gasteiger partial charge < -0.3 is 24.1 Å². The smallest absolute Gasteiger partial charge is 0.422 e. The summed E-state index contributed by atoms with van der Waals surface area (Å²) in [4.78, 5) is 8.64. The molecule has 2 aromatic carbocycles. The van der Waals surface area contributed by atoms with Gasteiger partial charge in [-0.3, -0.25) is 0 Å². The van der Waals surface area contributed by atoms with Gasteiger partial charge in [0.1, 0.15) is 12.4 Å². The van der Waals surface area contributed by atoms with E-state index in [0.717, 1.165) is 5.56 Å². The first-order chi connectivity index (χ1) is 16.3. The Kier molecular flexibility index (Phi) is 7.20. The number of aliphatic hydroxyl groups is 1. The summed E-state index contributed by atoms with van der Waals surface area (Å²) in [6.45, 7) is -0.549. The normalized spacial score (nSPS) is 15.9. The molecule has 1 aliphatic heterocycles. The lowest BCUT2D eigenvalue weighted by molar-refractivity contribution is -0.153. The molecule has 2 heterocycles. The minimum absolute atomic E-state index is 0.0292. The van der Waals surface area contributed by atoms with Crippen molar-refractivity contribution < 1.29 is 37.2 Å². The molecule has 3 aromatic rings. The molecule has 7 nitrogen and oxygen atoms in total. The van der Waals surface area contributed by atoms with E-state index < -0.39 is 18.4 Å². The molecule has 4 rings (SSSR count).